The van der Waals surface area contributed by atoms with E-state index >= 15 is 0 Å². The lowest BCUT2D eigenvalue weighted by Crippen LogP contribution is -2.46. The van der Waals surface area contributed by atoms with Crippen LogP contribution in [0.4, 0.5) is 5.88 Å². The summed E-state index contributed by atoms with van der Waals surface area (Å²) >= 11 is 0. The molecule has 8 heteroatoms. The van der Waals surface area contributed by atoms with E-state index in [1.165, 1.54) is 6.42 Å². The zero-order valence-electron chi connectivity index (χ0n) is 21.3. The van der Waals surface area contributed by atoms with Gasteiger partial charge >= 0.3 is 0 Å². The molecule has 7 nitrogen and oxygen atoms in total. The zero-order valence-corrected chi connectivity index (χ0v) is 22.1. The predicted molar refractivity (Wildman–Crippen MR) is 138 cm³/mol. The number of hydrogen-bond acceptors (Lipinski definition) is 6. The number of piperidine rings is 1. The number of aryl methyl sites for hydroxylation is 1. The molecule has 4 rings (SSSR count). The number of rotatable bonds is 8. The Balaban J connectivity index is 1.54. The highest BCUT2D eigenvalue weighted by molar-refractivity contribution is 7.91. The number of ether oxygens (including phenoxy) is 1. The summed E-state index contributed by atoms with van der Waals surface area (Å²) in [6.07, 6.45) is 3.20. The van der Waals surface area contributed by atoms with Gasteiger partial charge in [-0.25, -0.2) is 8.42 Å². The third kappa shape index (κ3) is 6.21. The second-order valence-electron chi connectivity index (χ2n) is 10.3. The van der Waals surface area contributed by atoms with Gasteiger partial charge in [0.25, 0.3) is 5.91 Å². The molecule has 2 aliphatic rings. The van der Waals surface area contributed by atoms with Crippen molar-refractivity contribution in [2.24, 2.45) is 0 Å². The van der Waals surface area contributed by atoms with Gasteiger partial charge < -0.3 is 19.0 Å². The van der Waals surface area contributed by atoms with Gasteiger partial charge in [0.15, 0.2) is 21.8 Å². The molecular formula is C27H38N2O5S. The van der Waals surface area contributed by atoms with Crippen molar-refractivity contribution in [1.29, 1.82) is 0 Å². The van der Waals surface area contributed by atoms with E-state index in [4.69, 9.17) is 9.15 Å². The van der Waals surface area contributed by atoms with Crippen molar-refractivity contribution in [3.05, 3.63) is 47.2 Å². The van der Waals surface area contributed by atoms with E-state index in [1.54, 1.807) is 11.8 Å². The van der Waals surface area contributed by atoms with Gasteiger partial charge in [0, 0.05) is 25.2 Å². The Hall–Kier alpha value is -2.48. The first-order valence-corrected chi connectivity index (χ1v) is 14.6. The minimum atomic E-state index is -3.16. The van der Waals surface area contributed by atoms with Gasteiger partial charge in [-0.3, -0.25) is 4.79 Å². The summed E-state index contributed by atoms with van der Waals surface area (Å²) in [6, 6.07) is 9.51. The normalized spacial score (nSPS) is 20.7. The minimum Gasteiger partial charge on any atom is -0.481 e. The Morgan fingerprint density at radius 2 is 1.89 bits per heavy atom. The van der Waals surface area contributed by atoms with Gasteiger partial charge in [-0.15, -0.1) is 0 Å². The summed E-state index contributed by atoms with van der Waals surface area (Å²) in [5.41, 5.74) is 2.10. The van der Waals surface area contributed by atoms with Crippen LogP contribution >= 0.6 is 0 Å². The molecule has 2 unspecified atom stereocenters. The van der Waals surface area contributed by atoms with E-state index in [1.807, 2.05) is 37.3 Å². The van der Waals surface area contributed by atoms with Crippen molar-refractivity contribution in [2.75, 3.05) is 29.5 Å². The molecule has 1 aromatic heterocycles. The summed E-state index contributed by atoms with van der Waals surface area (Å²) in [5, 5.41) is 0. The number of sulfone groups is 1. The van der Waals surface area contributed by atoms with Crippen molar-refractivity contribution in [1.82, 2.24) is 4.90 Å². The fraction of sp³-hybridized carbons (Fsp3) is 0.593. The van der Waals surface area contributed by atoms with Crippen LogP contribution in [0.3, 0.4) is 0 Å². The van der Waals surface area contributed by atoms with Crippen molar-refractivity contribution in [2.45, 2.75) is 78.0 Å². The number of benzene rings is 1. The maximum absolute atomic E-state index is 13.7. The number of nitrogens with zero attached hydrogens (tertiary/aromatic N) is 2. The van der Waals surface area contributed by atoms with Gasteiger partial charge in [-0.05, 0) is 68.7 Å². The average Bonchev–Trinajstić information content (AvgIpc) is 3.43. The molecule has 2 atom stereocenters. The Morgan fingerprint density at radius 3 is 2.54 bits per heavy atom. The van der Waals surface area contributed by atoms with Crippen molar-refractivity contribution in [3.8, 4) is 5.75 Å². The molecule has 0 N–H and O–H groups in total. The molecule has 0 radical (unpaired) electrons. The fourth-order valence-corrected chi connectivity index (χ4v) is 6.74. The lowest BCUT2D eigenvalue weighted by Gasteiger charge is -2.31. The van der Waals surface area contributed by atoms with Gasteiger partial charge in [-0.1, -0.05) is 26.0 Å². The first-order chi connectivity index (χ1) is 16.6. The predicted octanol–water partition coefficient (Wildman–Crippen LogP) is 4.68. The van der Waals surface area contributed by atoms with E-state index in [0.29, 0.717) is 17.9 Å². The average molecular weight is 503 g/mol. The Kier molecular flexibility index (Phi) is 7.79. The summed E-state index contributed by atoms with van der Waals surface area (Å²) in [7, 11) is -3.16. The molecule has 2 aromatic rings. The van der Waals surface area contributed by atoms with Gasteiger partial charge in [-0.2, -0.15) is 0 Å². The monoisotopic (exact) mass is 502 g/mol. The van der Waals surface area contributed by atoms with Gasteiger partial charge in [0.2, 0.25) is 0 Å². The summed E-state index contributed by atoms with van der Waals surface area (Å²) in [4.78, 5) is 17.6. The Morgan fingerprint density at radius 1 is 1.14 bits per heavy atom. The summed E-state index contributed by atoms with van der Waals surface area (Å²) in [5.74, 6) is 2.28. The lowest BCUT2D eigenvalue weighted by molar-refractivity contribution is -0.141. The first kappa shape index (κ1) is 25.6. The lowest BCUT2D eigenvalue weighted by atomic mass is 10.0. The van der Waals surface area contributed by atoms with Crippen LogP contribution in [0.1, 0.15) is 69.3 Å². The maximum Gasteiger partial charge on any atom is 0.264 e. The van der Waals surface area contributed by atoms with E-state index in [2.05, 4.69) is 18.7 Å². The van der Waals surface area contributed by atoms with Crippen LogP contribution < -0.4 is 9.64 Å². The van der Waals surface area contributed by atoms with Gasteiger partial charge in [0.05, 0.1) is 18.1 Å². The van der Waals surface area contributed by atoms with E-state index in [0.717, 1.165) is 42.9 Å². The highest BCUT2D eigenvalue weighted by atomic mass is 32.2. The molecule has 35 heavy (non-hydrogen) atoms. The molecular weight excluding hydrogens is 464 g/mol. The Bertz CT molecular complexity index is 1130. The second kappa shape index (κ2) is 10.6. The summed E-state index contributed by atoms with van der Waals surface area (Å²) in [6.45, 7) is 10.1. The molecule has 0 bridgehead atoms. The number of carbonyl (C=O) groups excluding carboxylic acids is 1. The molecule has 0 aliphatic carbocycles. The largest absolute Gasteiger partial charge is 0.481 e. The Labute approximate surface area is 209 Å². The quantitative estimate of drug-likeness (QED) is 0.521. The van der Waals surface area contributed by atoms with E-state index in [9.17, 15) is 13.2 Å². The fourth-order valence-electron chi connectivity index (χ4n) is 5.01. The molecule has 2 fully saturated rings. The molecule has 2 aliphatic heterocycles. The number of amides is 1. The molecule has 1 amide bonds. The number of carbonyl (C=O) groups is 1. The smallest absolute Gasteiger partial charge is 0.264 e. The first-order valence-electron chi connectivity index (χ1n) is 12.7. The molecule has 0 saturated carbocycles. The third-order valence-corrected chi connectivity index (χ3v) is 8.77. The van der Waals surface area contributed by atoms with E-state index in [-0.39, 0.29) is 35.9 Å². The second-order valence-corrected chi connectivity index (χ2v) is 12.5. The summed E-state index contributed by atoms with van der Waals surface area (Å²) < 4.78 is 36.8. The van der Waals surface area contributed by atoms with Crippen LogP contribution in [0.2, 0.25) is 0 Å². The van der Waals surface area contributed by atoms with Crippen LogP contribution in [-0.2, 0) is 21.2 Å². The highest BCUT2D eigenvalue weighted by Crippen LogP contribution is 2.30. The molecule has 2 saturated heterocycles. The topological polar surface area (TPSA) is 80.1 Å². The zero-order chi connectivity index (χ0) is 25.2. The SMILES string of the molecule is Cc1ccc(C(C)C)c(OC(C)C(=O)N(Cc2ccc(N3CCCCC3)o2)C2CCS(=O)(=O)C2)c1. The van der Waals surface area contributed by atoms with Crippen molar-refractivity contribution in [3.63, 3.8) is 0 Å². The minimum absolute atomic E-state index is 0.0210. The van der Waals surface area contributed by atoms with Crippen LogP contribution in [0.5, 0.6) is 5.75 Å². The van der Waals surface area contributed by atoms with Crippen LogP contribution in [0, 0.1) is 6.92 Å². The van der Waals surface area contributed by atoms with Gasteiger partial charge in [0.1, 0.15) is 11.5 Å². The maximum atomic E-state index is 13.7. The molecule has 1 aromatic carbocycles. The van der Waals surface area contributed by atoms with Crippen LogP contribution in [0.15, 0.2) is 34.7 Å². The number of anilines is 1. The third-order valence-electron chi connectivity index (χ3n) is 7.02. The number of furan rings is 1. The molecule has 0 spiro atoms. The molecule has 192 valence electrons. The van der Waals surface area contributed by atoms with Crippen LogP contribution in [-0.4, -0.2) is 56.0 Å². The number of hydrogen-bond donors (Lipinski definition) is 0. The van der Waals surface area contributed by atoms with Crippen molar-refractivity contribution >= 4 is 21.6 Å². The van der Waals surface area contributed by atoms with Crippen LogP contribution in [0.25, 0.3) is 0 Å². The standard InChI is InChI=1S/C27H38N2O5S/c1-19(2)24-10-8-20(3)16-25(24)33-21(4)27(30)29(22-12-15-35(31,32)18-22)17-23-9-11-26(34-23)28-13-6-5-7-14-28/h8-11,16,19,21-22H,5-7,12-15,17-18H2,1-4H3. The highest BCUT2D eigenvalue weighted by Gasteiger charge is 2.37. The molecule has 3 heterocycles. The van der Waals surface area contributed by atoms with E-state index < -0.39 is 15.9 Å². The van der Waals surface area contributed by atoms with Crippen molar-refractivity contribution < 1.29 is 22.4 Å².